The summed E-state index contributed by atoms with van der Waals surface area (Å²) in [5.41, 5.74) is 0.788. The standard InChI is InChI=1S/C30H34N4O6S/c1-18-25(28(38)33-30(2,3)4)34(17-41-18)29(39)26(36)21(14-19-10-6-5-7-11-19)32-24(35)16-31-27(37)23-15-20-12-8-9-13-22(20)40-23/h5-13,15,21,25-26,36H,1,14,16-17H2,2-4H3,(H,31,37)(H,32,35)(H,33,38)/t21-,25-,26-/m0/s1. The van der Waals surface area contributed by atoms with E-state index < -0.39 is 53.9 Å². The molecule has 1 aliphatic rings. The fourth-order valence-electron chi connectivity index (χ4n) is 4.45. The maximum absolute atomic E-state index is 13.5. The van der Waals surface area contributed by atoms with Gasteiger partial charge in [-0.25, -0.2) is 0 Å². The molecule has 4 rings (SSSR count). The summed E-state index contributed by atoms with van der Waals surface area (Å²) in [6, 6.07) is 15.8. The fourth-order valence-corrected chi connectivity index (χ4v) is 5.42. The van der Waals surface area contributed by atoms with Gasteiger partial charge in [-0.1, -0.05) is 55.1 Å². The fraction of sp³-hybridized carbons (Fsp3) is 0.333. The molecule has 4 N–H and O–H groups in total. The second-order valence-corrected chi connectivity index (χ2v) is 11.9. The number of nitrogens with zero attached hydrogens (tertiary/aromatic N) is 1. The molecule has 0 unspecified atom stereocenters. The van der Waals surface area contributed by atoms with Crippen LogP contribution in [0.25, 0.3) is 11.0 Å². The minimum absolute atomic E-state index is 0.0568. The van der Waals surface area contributed by atoms with Crippen LogP contribution in [0.3, 0.4) is 0 Å². The number of hydrogen-bond donors (Lipinski definition) is 4. The molecule has 2 heterocycles. The second-order valence-electron chi connectivity index (χ2n) is 10.8. The van der Waals surface area contributed by atoms with Crippen molar-refractivity contribution in [2.75, 3.05) is 12.4 Å². The van der Waals surface area contributed by atoms with E-state index in [9.17, 15) is 24.3 Å². The quantitative estimate of drug-likeness (QED) is 0.306. The smallest absolute Gasteiger partial charge is 0.287 e. The predicted octanol–water partition coefficient (Wildman–Crippen LogP) is 2.58. The van der Waals surface area contributed by atoms with Crippen molar-refractivity contribution in [3.63, 3.8) is 0 Å². The molecule has 2 aromatic carbocycles. The van der Waals surface area contributed by atoms with Crippen molar-refractivity contribution in [3.8, 4) is 0 Å². The molecule has 0 spiro atoms. The lowest BCUT2D eigenvalue weighted by Crippen LogP contribution is -2.57. The highest BCUT2D eigenvalue weighted by Crippen LogP contribution is 2.33. The molecule has 4 amide bonds. The highest BCUT2D eigenvalue weighted by Gasteiger charge is 2.42. The summed E-state index contributed by atoms with van der Waals surface area (Å²) in [6.07, 6.45) is -1.53. The van der Waals surface area contributed by atoms with Crippen LogP contribution in [0.1, 0.15) is 36.9 Å². The average Bonchev–Trinajstić information content (AvgIpc) is 3.54. The Balaban J connectivity index is 1.45. The first-order valence-electron chi connectivity index (χ1n) is 13.1. The molecule has 10 nitrogen and oxygen atoms in total. The Bertz CT molecular complexity index is 1410. The number of aliphatic hydroxyl groups excluding tert-OH is 1. The van der Waals surface area contributed by atoms with Gasteiger partial charge in [0.15, 0.2) is 11.9 Å². The molecule has 1 fully saturated rings. The lowest BCUT2D eigenvalue weighted by Gasteiger charge is -2.31. The van der Waals surface area contributed by atoms with Crippen LogP contribution < -0.4 is 16.0 Å². The van der Waals surface area contributed by atoms with Gasteiger partial charge in [-0.2, -0.15) is 0 Å². The largest absolute Gasteiger partial charge is 0.451 e. The van der Waals surface area contributed by atoms with Gasteiger partial charge >= 0.3 is 0 Å². The molecule has 0 bridgehead atoms. The predicted molar refractivity (Wildman–Crippen MR) is 157 cm³/mol. The third kappa shape index (κ3) is 7.56. The van der Waals surface area contributed by atoms with Crippen LogP contribution in [-0.2, 0) is 20.8 Å². The van der Waals surface area contributed by atoms with Crippen LogP contribution in [0.4, 0.5) is 0 Å². The van der Waals surface area contributed by atoms with Gasteiger partial charge in [-0.15, -0.1) is 11.8 Å². The maximum atomic E-state index is 13.5. The van der Waals surface area contributed by atoms with E-state index in [1.807, 2.05) is 57.2 Å². The van der Waals surface area contributed by atoms with Crippen LogP contribution in [0.2, 0.25) is 0 Å². The minimum Gasteiger partial charge on any atom is -0.451 e. The van der Waals surface area contributed by atoms with E-state index in [0.29, 0.717) is 10.5 Å². The summed E-state index contributed by atoms with van der Waals surface area (Å²) >= 11 is 1.25. The molecule has 0 saturated carbocycles. The Morgan fingerprint density at radius 2 is 1.78 bits per heavy atom. The number of rotatable bonds is 9. The van der Waals surface area contributed by atoms with Crippen LogP contribution in [0.15, 0.2) is 76.6 Å². The molecule has 3 atom stereocenters. The number of furan rings is 1. The van der Waals surface area contributed by atoms with Gasteiger partial charge < -0.3 is 30.4 Å². The zero-order valence-corrected chi connectivity index (χ0v) is 24.0. The Hall–Kier alpha value is -4.09. The van der Waals surface area contributed by atoms with Gasteiger partial charge in [0.1, 0.15) is 11.6 Å². The first kappa shape index (κ1) is 29.9. The highest BCUT2D eigenvalue weighted by atomic mass is 32.2. The van der Waals surface area contributed by atoms with Gasteiger partial charge in [0.2, 0.25) is 11.8 Å². The van der Waals surface area contributed by atoms with Gasteiger partial charge in [0.05, 0.1) is 18.5 Å². The van der Waals surface area contributed by atoms with Crippen molar-refractivity contribution in [1.29, 1.82) is 0 Å². The topological polar surface area (TPSA) is 141 Å². The van der Waals surface area contributed by atoms with Crippen LogP contribution in [-0.4, -0.2) is 69.8 Å². The third-order valence-electron chi connectivity index (χ3n) is 6.37. The van der Waals surface area contributed by atoms with Crippen molar-refractivity contribution >= 4 is 46.4 Å². The maximum Gasteiger partial charge on any atom is 0.287 e. The minimum atomic E-state index is -1.67. The van der Waals surface area contributed by atoms with Gasteiger partial charge in [-0.3, -0.25) is 19.2 Å². The molecule has 1 aromatic heterocycles. The molecule has 1 saturated heterocycles. The number of carbonyl (C=O) groups excluding carboxylic acids is 4. The van der Waals surface area contributed by atoms with Crippen LogP contribution in [0.5, 0.6) is 0 Å². The summed E-state index contributed by atoms with van der Waals surface area (Å²) in [7, 11) is 0. The second kappa shape index (κ2) is 12.6. The summed E-state index contributed by atoms with van der Waals surface area (Å²) in [5.74, 6) is -2.10. The lowest BCUT2D eigenvalue weighted by atomic mass is 9.99. The molecule has 41 heavy (non-hydrogen) atoms. The van der Waals surface area contributed by atoms with E-state index in [1.54, 1.807) is 24.3 Å². The monoisotopic (exact) mass is 578 g/mol. The van der Waals surface area contributed by atoms with E-state index in [0.717, 1.165) is 10.9 Å². The molecule has 11 heteroatoms. The Morgan fingerprint density at radius 1 is 1.10 bits per heavy atom. The number of nitrogens with one attached hydrogen (secondary N) is 3. The number of benzene rings is 2. The summed E-state index contributed by atoms with van der Waals surface area (Å²) < 4.78 is 5.54. The summed E-state index contributed by atoms with van der Waals surface area (Å²) in [5, 5.41) is 20.0. The number of para-hydroxylation sites is 1. The Morgan fingerprint density at radius 3 is 2.46 bits per heavy atom. The van der Waals surface area contributed by atoms with Crippen LogP contribution >= 0.6 is 11.8 Å². The average molecular weight is 579 g/mol. The zero-order valence-electron chi connectivity index (χ0n) is 23.2. The number of carbonyl (C=O) groups is 4. The van der Waals surface area contributed by atoms with Gasteiger partial charge in [0.25, 0.3) is 11.8 Å². The highest BCUT2D eigenvalue weighted by molar-refractivity contribution is 8.03. The van der Waals surface area contributed by atoms with Crippen molar-refractivity contribution in [2.24, 2.45) is 0 Å². The van der Waals surface area contributed by atoms with Gasteiger partial charge in [0, 0.05) is 15.8 Å². The Labute approximate surface area is 242 Å². The van der Waals surface area contributed by atoms with Crippen molar-refractivity contribution in [1.82, 2.24) is 20.9 Å². The van der Waals surface area contributed by atoms with Crippen molar-refractivity contribution in [2.45, 2.75) is 50.9 Å². The lowest BCUT2D eigenvalue weighted by molar-refractivity contribution is -0.146. The number of amides is 4. The number of aliphatic hydroxyl groups is 1. The number of thioether (sulfide) groups is 1. The molecule has 0 aliphatic carbocycles. The third-order valence-corrected chi connectivity index (χ3v) is 7.37. The molecule has 1 aliphatic heterocycles. The zero-order chi connectivity index (χ0) is 29.7. The first-order chi connectivity index (χ1) is 19.4. The van der Waals surface area contributed by atoms with E-state index in [2.05, 4.69) is 22.5 Å². The van der Waals surface area contributed by atoms with E-state index in [1.165, 1.54) is 16.7 Å². The van der Waals surface area contributed by atoms with Crippen LogP contribution in [0, 0.1) is 0 Å². The first-order valence-corrected chi connectivity index (χ1v) is 14.1. The van der Waals surface area contributed by atoms with E-state index >= 15 is 0 Å². The summed E-state index contributed by atoms with van der Waals surface area (Å²) in [4.78, 5) is 53.8. The van der Waals surface area contributed by atoms with E-state index in [-0.39, 0.29) is 18.1 Å². The van der Waals surface area contributed by atoms with Crippen molar-refractivity contribution in [3.05, 3.63) is 83.5 Å². The molecular weight excluding hydrogens is 544 g/mol. The molecule has 216 valence electrons. The summed E-state index contributed by atoms with van der Waals surface area (Å²) in [6.45, 7) is 9.01. The van der Waals surface area contributed by atoms with Gasteiger partial charge in [-0.05, 0) is 44.9 Å². The Kier molecular flexibility index (Phi) is 9.19. The normalized spacial score (nSPS) is 16.7. The molecule has 0 radical (unpaired) electrons. The molecule has 3 aromatic rings. The number of hydrogen-bond acceptors (Lipinski definition) is 7. The van der Waals surface area contributed by atoms with E-state index in [4.69, 9.17) is 4.42 Å². The van der Waals surface area contributed by atoms with Crippen molar-refractivity contribution < 1.29 is 28.7 Å². The number of fused-ring (bicyclic) bond motifs is 1. The molecular formula is C30H34N4O6S. The SMILES string of the molecule is C=C1SCN(C(=O)[C@@H](O)[C@H](Cc2ccccc2)NC(=O)CNC(=O)c2cc3ccccc3o2)[C@@H]1C(=O)NC(C)(C)C.